The van der Waals surface area contributed by atoms with Gasteiger partial charge in [-0.2, -0.15) is 5.10 Å². The fourth-order valence-corrected chi connectivity index (χ4v) is 2.67. The summed E-state index contributed by atoms with van der Waals surface area (Å²) in [5, 5.41) is 11.1. The van der Waals surface area contributed by atoms with E-state index in [1.807, 2.05) is 30.2 Å². The van der Waals surface area contributed by atoms with Crippen molar-refractivity contribution in [3.05, 3.63) is 34.0 Å². The van der Waals surface area contributed by atoms with Crippen molar-refractivity contribution in [3.63, 3.8) is 0 Å². The molecule has 92 valence electrons. The van der Waals surface area contributed by atoms with Crippen LogP contribution in [-0.2, 0) is 13.6 Å². The van der Waals surface area contributed by atoms with Gasteiger partial charge in [0, 0.05) is 36.9 Å². The molecule has 2 aromatic heterocycles. The SMILES string of the molecule is CCC(NCc1cn(C)nc1C)c1nccs1. The maximum absolute atomic E-state index is 4.36. The van der Waals surface area contributed by atoms with Gasteiger partial charge in [0.15, 0.2) is 0 Å². The Hall–Kier alpha value is -1.20. The highest BCUT2D eigenvalue weighted by atomic mass is 32.1. The van der Waals surface area contributed by atoms with E-state index in [9.17, 15) is 0 Å². The average Bonchev–Trinajstić information content (AvgIpc) is 2.90. The highest BCUT2D eigenvalue weighted by Crippen LogP contribution is 2.19. The van der Waals surface area contributed by atoms with E-state index in [4.69, 9.17) is 0 Å². The van der Waals surface area contributed by atoms with Gasteiger partial charge in [-0.05, 0) is 13.3 Å². The minimum Gasteiger partial charge on any atom is -0.304 e. The molecule has 0 amide bonds. The number of nitrogens with one attached hydrogen (secondary N) is 1. The number of hydrogen-bond acceptors (Lipinski definition) is 4. The molecule has 2 aromatic rings. The third-order valence-electron chi connectivity index (χ3n) is 2.81. The van der Waals surface area contributed by atoms with E-state index in [0.29, 0.717) is 6.04 Å². The summed E-state index contributed by atoms with van der Waals surface area (Å²) in [6.45, 7) is 5.06. The van der Waals surface area contributed by atoms with Gasteiger partial charge in [-0.3, -0.25) is 4.68 Å². The zero-order valence-corrected chi connectivity index (χ0v) is 11.3. The van der Waals surface area contributed by atoms with Crippen molar-refractivity contribution in [2.45, 2.75) is 32.9 Å². The zero-order valence-electron chi connectivity index (χ0n) is 10.5. The predicted molar refractivity (Wildman–Crippen MR) is 69.9 cm³/mol. The molecule has 0 fully saturated rings. The number of aromatic nitrogens is 3. The normalized spacial score (nSPS) is 12.9. The lowest BCUT2D eigenvalue weighted by Crippen LogP contribution is -2.20. The highest BCUT2D eigenvalue weighted by molar-refractivity contribution is 7.09. The van der Waals surface area contributed by atoms with E-state index >= 15 is 0 Å². The van der Waals surface area contributed by atoms with Crippen LogP contribution in [-0.4, -0.2) is 14.8 Å². The monoisotopic (exact) mass is 250 g/mol. The summed E-state index contributed by atoms with van der Waals surface area (Å²) in [7, 11) is 1.95. The summed E-state index contributed by atoms with van der Waals surface area (Å²) in [5.74, 6) is 0. The van der Waals surface area contributed by atoms with Gasteiger partial charge in [0.05, 0.1) is 11.7 Å². The lowest BCUT2D eigenvalue weighted by atomic mass is 10.2. The molecule has 4 nitrogen and oxygen atoms in total. The first-order valence-electron chi connectivity index (χ1n) is 5.82. The van der Waals surface area contributed by atoms with Crippen LogP contribution in [0.4, 0.5) is 0 Å². The maximum atomic E-state index is 4.36. The van der Waals surface area contributed by atoms with Gasteiger partial charge in [0.25, 0.3) is 0 Å². The van der Waals surface area contributed by atoms with E-state index in [-0.39, 0.29) is 0 Å². The third-order valence-corrected chi connectivity index (χ3v) is 3.70. The number of nitrogens with zero attached hydrogens (tertiary/aromatic N) is 3. The number of aryl methyl sites for hydroxylation is 2. The van der Waals surface area contributed by atoms with E-state index in [0.717, 1.165) is 23.7 Å². The fourth-order valence-electron chi connectivity index (χ4n) is 1.87. The third kappa shape index (κ3) is 2.92. The number of hydrogen-bond donors (Lipinski definition) is 1. The standard InChI is InChI=1S/C12H18N4S/c1-4-11(12-13-5-6-17-12)14-7-10-8-16(3)15-9(10)2/h5-6,8,11,14H,4,7H2,1-3H3. The lowest BCUT2D eigenvalue weighted by Gasteiger charge is -2.13. The van der Waals surface area contributed by atoms with Crippen LogP contribution in [0.3, 0.4) is 0 Å². The Bertz CT molecular complexity index is 461. The summed E-state index contributed by atoms with van der Waals surface area (Å²) in [5.41, 5.74) is 2.34. The summed E-state index contributed by atoms with van der Waals surface area (Å²) < 4.78 is 1.86. The first kappa shape index (κ1) is 12.3. The van der Waals surface area contributed by atoms with Gasteiger partial charge in [-0.25, -0.2) is 4.98 Å². The Morgan fingerprint density at radius 2 is 2.35 bits per heavy atom. The summed E-state index contributed by atoms with van der Waals surface area (Å²) in [4.78, 5) is 4.36. The van der Waals surface area contributed by atoms with Crippen LogP contribution >= 0.6 is 11.3 Å². The fraction of sp³-hybridized carbons (Fsp3) is 0.500. The van der Waals surface area contributed by atoms with E-state index in [2.05, 4.69) is 28.5 Å². The van der Waals surface area contributed by atoms with Gasteiger partial charge < -0.3 is 5.32 Å². The molecule has 5 heteroatoms. The molecule has 0 aliphatic rings. The van der Waals surface area contributed by atoms with Crippen LogP contribution in [0.15, 0.2) is 17.8 Å². The minimum absolute atomic E-state index is 0.342. The topological polar surface area (TPSA) is 42.7 Å². The lowest BCUT2D eigenvalue weighted by molar-refractivity contribution is 0.516. The molecule has 0 saturated carbocycles. The van der Waals surface area contributed by atoms with Crippen molar-refractivity contribution in [1.29, 1.82) is 0 Å². The molecular formula is C12H18N4S. The summed E-state index contributed by atoms with van der Waals surface area (Å²) >= 11 is 1.71. The van der Waals surface area contributed by atoms with Crippen LogP contribution < -0.4 is 5.32 Å². The van der Waals surface area contributed by atoms with E-state index in [1.54, 1.807) is 11.3 Å². The molecule has 1 N–H and O–H groups in total. The first-order valence-corrected chi connectivity index (χ1v) is 6.70. The van der Waals surface area contributed by atoms with Gasteiger partial charge in [-0.1, -0.05) is 6.92 Å². The molecule has 0 aliphatic heterocycles. The van der Waals surface area contributed by atoms with E-state index in [1.165, 1.54) is 5.56 Å². The summed E-state index contributed by atoms with van der Waals surface area (Å²) in [6, 6.07) is 0.342. The summed E-state index contributed by atoms with van der Waals surface area (Å²) in [6.07, 6.45) is 4.98. The first-order chi connectivity index (χ1) is 8.20. The largest absolute Gasteiger partial charge is 0.304 e. The molecule has 0 saturated heterocycles. The van der Waals surface area contributed by atoms with Crippen molar-refractivity contribution >= 4 is 11.3 Å². The number of thiazole rings is 1. The minimum atomic E-state index is 0.342. The molecule has 2 rings (SSSR count). The molecular weight excluding hydrogens is 232 g/mol. The molecule has 0 spiro atoms. The van der Waals surface area contributed by atoms with E-state index < -0.39 is 0 Å². The van der Waals surface area contributed by atoms with Crippen molar-refractivity contribution in [3.8, 4) is 0 Å². The molecule has 0 bridgehead atoms. The van der Waals surface area contributed by atoms with Crippen LogP contribution in [0.5, 0.6) is 0 Å². The smallest absolute Gasteiger partial charge is 0.109 e. The number of rotatable bonds is 5. The second-order valence-corrected chi connectivity index (χ2v) is 5.05. The van der Waals surface area contributed by atoms with Gasteiger partial charge in [0.2, 0.25) is 0 Å². The molecule has 0 radical (unpaired) electrons. The highest BCUT2D eigenvalue weighted by Gasteiger charge is 2.12. The quantitative estimate of drug-likeness (QED) is 0.886. The van der Waals surface area contributed by atoms with Crippen LogP contribution in [0.25, 0.3) is 0 Å². The Morgan fingerprint density at radius 1 is 1.53 bits per heavy atom. The molecule has 0 aliphatic carbocycles. The van der Waals surface area contributed by atoms with Gasteiger partial charge in [0.1, 0.15) is 5.01 Å². The van der Waals surface area contributed by atoms with Crippen molar-refractivity contribution < 1.29 is 0 Å². The Balaban J connectivity index is 1.99. The molecule has 1 atom stereocenters. The predicted octanol–water partition coefficient (Wildman–Crippen LogP) is 2.43. The van der Waals surface area contributed by atoms with Crippen LogP contribution in [0, 0.1) is 6.92 Å². The van der Waals surface area contributed by atoms with Crippen LogP contribution in [0.2, 0.25) is 0 Å². The van der Waals surface area contributed by atoms with Crippen molar-refractivity contribution in [2.75, 3.05) is 0 Å². The zero-order chi connectivity index (χ0) is 12.3. The van der Waals surface area contributed by atoms with Crippen molar-refractivity contribution in [1.82, 2.24) is 20.1 Å². The van der Waals surface area contributed by atoms with Crippen molar-refractivity contribution in [2.24, 2.45) is 7.05 Å². The maximum Gasteiger partial charge on any atom is 0.109 e. The van der Waals surface area contributed by atoms with Crippen LogP contribution in [0.1, 0.15) is 35.7 Å². The Kier molecular flexibility index (Phi) is 3.91. The second kappa shape index (κ2) is 5.42. The molecule has 0 aromatic carbocycles. The van der Waals surface area contributed by atoms with Gasteiger partial charge in [-0.15, -0.1) is 11.3 Å². The molecule has 17 heavy (non-hydrogen) atoms. The Labute approximate surface area is 106 Å². The molecule has 1 unspecified atom stereocenters. The molecule has 2 heterocycles. The second-order valence-electron chi connectivity index (χ2n) is 4.13. The Morgan fingerprint density at radius 3 is 2.88 bits per heavy atom. The average molecular weight is 250 g/mol. The van der Waals surface area contributed by atoms with Gasteiger partial charge >= 0.3 is 0 Å².